The molecule has 23 heavy (non-hydrogen) atoms. The number of nitrogens with zero attached hydrogens (tertiary/aromatic N) is 1. The predicted octanol–water partition coefficient (Wildman–Crippen LogP) is 1.78. The molecule has 0 saturated carbocycles. The van der Waals surface area contributed by atoms with E-state index in [2.05, 4.69) is 5.32 Å². The van der Waals surface area contributed by atoms with E-state index in [1.807, 2.05) is 0 Å². The zero-order chi connectivity index (χ0) is 16.2. The van der Waals surface area contributed by atoms with Crippen molar-refractivity contribution in [3.05, 3.63) is 35.6 Å². The summed E-state index contributed by atoms with van der Waals surface area (Å²) in [6.07, 6.45) is 3.01. The van der Waals surface area contributed by atoms with Gasteiger partial charge in [-0.25, -0.2) is 4.39 Å². The Morgan fingerprint density at radius 3 is 2.74 bits per heavy atom. The molecule has 1 aromatic carbocycles. The maximum Gasteiger partial charge on any atom is 0.240 e. The molecule has 0 bridgehead atoms. The smallest absolute Gasteiger partial charge is 0.240 e. The lowest BCUT2D eigenvalue weighted by Gasteiger charge is -2.26. The maximum absolute atomic E-state index is 13.1. The van der Waals surface area contributed by atoms with Crippen molar-refractivity contribution < 1.29 is 18.7 Å². The molecule has 0 aliphatic carbocycles. The second-order valence-electron chi connectivity index (χ2n) is 6.07. The molecule has 2 unspecified atom stereocenters. The Bertz CT molecular complexity index is 570. The summed E-state index contributed by atoms with van der Waals surface area (Å²) >= 11 is 0. The van der Waals surface area contributed by atoms with E-state index >= 15 is 0 Å². The molecule has 6 heteroatoms. The molecular formula is C17H21FN2O3. The van der Waals surface area contributed by atoms with Gasteiger partial charge in [0.05, 0.1) is 18.7 Å². The Labute approximate surface area is 134 Å². The summed E-state index contributed by atoms with van der Waals surface area (Å²) in [5.74, 6) is -0.491. The van der Waals surface area contributed by atoms with Gasteiger partial charge in [0, 0.05) is 19.6 Å². The average Bonchev–Trinajstić information content (AvgIpc) is 3.19. The number of likely N-dealkylation sites (tertiary alicyclic amines) is 1. The van der Waals surface area contributed by atoms with Crippen LogP contribution in [0.5, 0.6) is 0 Å². The molecule has 2 atom stereocenters. The van der Waals surface area contributed by atoms with E-state index in [0.717, 1.165) is 24.8 Å². The van der Waals surface area contributed by atoms with E-state index in [-0.39, 0.29) is 36.3 Å². The first kappa shape index (κ1) is 15.9. The number of carbonyl (C=O) groups is 2. The number of hydrogen-bond donors (Lipinski definition) is 1. The fourth-order valence-corrected chi connectivity index (χ4v) is 3.19. The number of hydrogen-bond acceptors (Lipinski definition) is 3. The lowest BCUT2D eigenvalue weighted by atomic mass is 9.99. The zero-order valence-corrected chi connectivity index (χ0v) is 13.0. The van der Waals surface area contributed by atoms with Gasteiger partial charge in [-0.1, -0.05) is 12.1 Å². The van der Waals surface area contributed by atoms with Crippen LogP contribution in [0.15, 0.2) is 24.3 Å². The van der Waals surface area contributed by atoms with Gasteiger partial charge in [-0.15, -0.1) is 0 Å². The van der Waals surface area contributed by atoms with Crippen LogP contribution in [0, 0.1) is 5.82 Å². The highest BCUT2D eigenvalue weighted by Gasteiger charge is 2.30. The Morgan fingerprint density at radius 1 is 1.35 bits per heavy atom. The summed E-state index contributed by atoms with van der Waals surface area (Å²) < 4.78 is 18.8. The van der Waals surface area contributed by atoms with Crippen LogP contribution in [0.3, 0.4) is 0 Å². The van der Waals surface area contributed by atoms with E-state index < -0.39 is 0 Å². The van der Waals surface area contributed by atoms with Gasteiger partial charge in [0.25, 0.3) is 0 Å². The second kappa shape index (κ2) is 7.08. The molecule has 1 aromatic rings. The number of halogens is 1. The molecule has 0 spiro atoms. The Hall–Kier alpha value is -1.95. The first-order valence-corrected chi connectivity index (χ1v) is 8.08. The predicted molar refractivity (Wildman–Crippen MR) is 82.1 cm³/mol. The minimum Gasteiger partial charge on any atom is -0.376 e. The Kier molecular flexibility index (Phi) is 4.91. The number of benzene rings is 1. The maximum atomic E-state index is 13.1. The van der Waals surface area contributed by atoms with Crippen molar-refractivity contribution in [2.24, 2.45) is 0 Å². The number of amides is 2. The molecule has 5 nitrogen and oxygen atoms in total. The van der Waals surface area contributed by atoms with Crippen LogP contribution in [0.25, 0.3) is 0 Å². The fraction of sp³-hybridized carbons (Fsp3) is 0.529. The van der Waals surface area contributed by atoms with Crippen LogP contribution in [0.2, 0.25) is 0 Å². The Morgan fingerprint density at radius 2 is 2.13 bits per heavy atom. The van der Waals surface area contributed by atoms with Gasteiger partial charge in [-0.05, 0) is 37.0 Å². The lowest BCUT2D eigenvalue weighted by molar-refractivity contribution is -0.133. The van der Waals surface area contributed by atoms with Gasteiger partial charge in [0.2, 0.25) is 11.8 Å². The highest BCUT2D eigenvalue weighted by atomic mass is 19.1. The molecule has 2 aliphatic rings. The van der Waals surface area contributed by atoms with Crippen LogP contribution in [-0.4, -0.2) is 42.5 Å². The molecule has 2 aliphatic heterocycles. The van der Waals surface area contributed by atoms with Gasteiger partial charge in [0.1, 0.15) is 5.82 Å². The minimum atomic E-state index is -0.316. The van der Waals surface area contributed by atoms with Crippen LogP contribution in [-0.2, 0) is 14.3 Å². The standard InChI is InChI=1S/C17H21FN2O3/c18-13-7-5-12(6-8-13)17(14-3-2-10-23-14)19-15(21)11-20-9-1-4-16(20)22/h5-8,14,17H,1-4,9-11H2,(H,19,21). The highest BCUT2D eigenvalue weighted by Crippen LogP contribution is 2.27. The Balaban J connectivity index is 1.69. The van der Waals surface area contributed by atoms with Gasteiger partial charge < -0.3 is 15.0 Å². The van der Waals surface area contributed by atoms with Crippen molar-refractivity contribution >= 4 is 11.8 Å². The summed E-state index contributed by atoms with van der Waals surface area (Å²) in [6.45, 7) is 1.37. The van der Waals surface area contributed by atoms with Crippen LogP contribution in [0.1, 0.15) is 37.3 Å². The van der Waals surface area contributed by atoms with Gasteiger partial charge in [-0.2, -0.15) is 0 Å². The van der Waals surface area contributed by atoms with Gasteiger partial charge in [-0.3, -0.25) is 9.59 Å². The number of ether oxygens (including phenoxy) is 1. The number of carbonyl (C=O) groups excluding carboxylic acids is 2. The summed E-state index contributed by atoms with van der Waals surface area (Å²) in [5.41, 5.74) is 0.819. The van der Waals surface area contributed by atoms with E-state index in [9.17, 15) is 14.0 Å². The summed E-state index contributed by atoms with van der Waals surface area (Å²) in [7, 11) is 0. The first-order valence-electron chi connectivity index (χ1n) is 8.08. The molecule has 2 heterocycles. The number of nitrogens with one attached hydrogen (secondary N) is 1. The van der Waals surface area contributed by atoms with Crippen LogP contribution >= 0.6 is 0 Å². The summed E-state index contributed by atoms with van der Waals surface area (Å²) in [6, 6.07) is 5.79. The topological polar surface area (TPSA) is 58.6 Å². The third kappa shape index (κ3) is 3.88. The van der Waals surface area contributed by atoms with Crippen LogP contribution < -0.4 is 5.32 Å². The molecule has 1 N–H and O–H groups in total. The molecule has 124 valence electrons. The van der Waals surface area contributed by atoms with E-state index in [4.69, 9.17) is 4.74 Å². The normalized spacial score (nSPS) is 22.4. The SMILES string of the molecule is O=C(CN1CCCC1=O)NC(c1ccc(F)cc1)C1CCCO1. The monoisotopic (exact) mass is 320 g/mol. The highest BCUT2D eigenvalue weighted by molar-refractivity contribution is 5.86. The van der Waals surface area contributed by atoms with Gasteiger partial charge >= 0.3 is 0 Å². The van der Waals surface area contributed by atoms with Crippen molar-refractivity contribution in [2.45, 2.75) is 37.8 Å². The van der Waals surface area contributed by atoms with Crippen LogP contribution in [0.4, 0.5) is 4.39 Å². The largest absolute Gasteiger partial charge is 0.376 e. The first-order chi connectivity index (χ1) is 11.1. The lowest BCUT2D eigenvalue weighted by Crippen LogP contribution is -2.42. The minimum absolute atomic E-state index is 0.0237. The van der Waals surface area contributed by atoms with E-state index in [1.54, 1.807) is 17.0 Å². The molecular weight excluding hydrogens is 299 g/mol. The average molecular weight is 320 g/mol. The summed E-state index contributed by atoms with van der Waals surface area (Å²) in [4.78, 5) is 25.5. The molecule has 0 aromatic heterocycles. The van der Waals surface area contributed by atoms with Crippen molar-refractivity contribution in [1.82, 2.24) is 10.2 Å². The van der Waals surface area contributed by atoms with E-state index in [1.165, 1.54) is 12.1 Å². The third-order valence-corrected chi connectivity index (χ3v) is 4.39. The number of rotatable bonds is 5. The molecule has 3 rings (SSSR count). The van der Waals surface area contributed by atoms with Crippen molar-refractivity contribution in [1.29, 1.82) is 0 Å². The fourth-order valence-electron chi connectivity index (χ4n) is 3.19. The van der Waals surface area contributed by atoms with Gasteiger partial charge in [0.15, 0.2) is 0 Å². The molecule has 2 amide bonds. The molecule has 2 fully saturated rings. The second-order valence-corrected chi connectivity index (χ2v) is 6.07. The van der Waals surface area contributed by atoms with Crippen molar-refractivity contribution in [3.63, 3.8) is 0 Å². The third-order valence-electron chi connectivity index (χ3n) is 4.39. The summed E-state index contributed by atoms with van der Waals surface area (Å²) in [5, 5.41) is 2.96. The molecule has 2 saturated heterocycles. The quantitative estimate of drug-likeness (QED) is 0.900. The zero-order valence-electron chi connectivity index (χ0n) is 13.0. The van der Waals surface area contributed by atoms with E-state index in [0.29, 0.717) is 19.6 Å². The molecule has 0 radical (unpaired) electrons. The van der Waals surface area contributed by atoms with Crippen molar-refractivity contribution in [3.8, 4) is 0 Å². The van der Waals surface area contributed by atoms with Crippen molar-refractivity contribution in [2.75, 3.05) is 19.7 Å².